The van der Waals surface area contributed by atoms with Gasteiger partial charge in [0.05, 0.1) is 0 Å². The van der Waals surface area contributed by atoms with Gasteiger partial charge in [-0.25, -0.2) is 0 Å². The summed E-state index contributed by atoms with van der Waals surface area (Å²) in [6.07, 6.45) is 0. The molecule has 0 amide bonds. The van der Waals surface area contributed by atoms with E-state index in [1.807, 2.05) is 0 Å². The Bertz CT molecular complexity index is 2190. The van der Waals surface area contributed by atoms with Gasteiger partial charge in [0.15, 0.2) is 0 Å². The number of para-hydroxylation sites is 3. The molecule has 8 aromatic rings. The molecular formula is C44H32N2. The molecule has 8 aromatic carbocycles. The van der Waals surface area contributed by atoms with Crippen molar-refractivity contribution in [3.8, 4) is 11.1 Å². The second kappa shape index (κ2) is 12.1. The van der Waals surface area contributed by atoms with Gasteiger partial charge in [-0.15, -0.1) is 0 Å². The van der Waals surface area contributed by atoms with Crippen LogP contribution in [0, 0.1) is 0 Å². The summed E-state index contributed by atoms with van der Waals surface area (Å²) in [7, 11) is 0. The zero-order chi connectivity index (χ0) is 30.7. The summed E-state index contributed by atoms with van der Waals surface area (Å²) in [4.78, 5) is 4.63. The quantitative estimate of drug-likeness (QED) is 0.171. The third-order valence-corrected chi connectivity index (χ3v) is 8.62. The van der Waals surface area contributed by atoms with Gasteiger partial charge < -0.3 is 9.80 Å². The summed E-state index contributed by atoms with van der Waals surface area (Å²) in [6.45, 7) is 0. The van der Waals surface area contributed by atoms with Gasteiger partial charge >= 0.3 is 0 Å². The van der Waals surface area contributed by atoms with Crippen LogP contribution in [0.25, 0.3) is 32.7 Å². The van der Waals surface area contributed by atoms with Crippen molar-refractivity contribution in [2.75, 3.05) is 9.80 Å². The fraction of sp³-hybridized carbons (Fsp3) is 0. The fourth-order valence-electron chi connectivity index (χ4n) is 6.36. The summed E-state index contributed by atoms with van der Waals surface area (Å²) in [6, 6.07) is 69.2. The molecule has 0 fully saturated rings. The van der Waals surface area contributed by atoms with Crippen molar-refractivity contribution in [1.82, 2.24) is 0 Å². The molecule has 8 rings (SSSR count). The van der Waals surface area contributed by atoms with Crippen molar-refractivity contribution >= 4 is 55.7 Å². The lowest BCUT2D eigenvalue weighted by atomic mass is 10.0. The van der Waals surface area contributed by atoms with Crippen molar-refractivity contribution in [3.63, 3.8) is 0 Å². The molecular weight excluding hydrogens is 556 g/mol. The SMILES string of the molecule is c1ccc(N(c2ccccc2)c2ccc(-c3ccc(N(c4ccccc4)c4ccc5ccc6ccccc6c5c4)cc3)cc2)cc1. The van der Waals surface area contributed by atoms with Crippen molar-refractivity contribution in [2.45, 2.75) is 0 Å². The second-order valence-electron chi connectivity index (χ2n) is 11.5. The average Bonchev–Trinajstić information content (AvgIpc) is 3.14. The van der Waals surface area contributed by atoms with E-state index in [0.29, 0.717) is 0 Å². The highest BCUT2D eigenvalue weighted by atomic mass is 15.1. The Balaban J connectivity index is 1.15. The molecule has 0 aliphatic heterocycles. The molecule has 0 heterocycles. The molecule has 46 heavy (non-hydrogen) atoms. The molecule has 0 saturated carbocycles. The number of nitrogens with zero attached hydrogens (tertiary/aromatic N) is 2. The minimum Gasteiger partial charge on any atom is -0.311 e. The molecule has 0 unspecified atom stereocenters. The van der Waals surface area contributed by atoms with Gasteiger partial charge in [-0.2, -0.15) is 0 Å². The zero-order valence-corrected chi connectivity index (χ0v) is 25.4. The maximum absolute atomic E-state index is 2.34. The lowest BCUT2D eigenvalue weighted by molar-refractivity contribution is 1.28. The van der Waals surface area contributed by atoms with Gasteiger partial charge in [-0.05, 0) is 105 Å². The van der Waals surface area contributed by atoms with Crippen molar-refractivity contribution in [1.29, 1.82) is 0 Å². The smallest absolute Gasteiger partial charge is 0.0468 e. The summed E-state index contributed by atoms with van der Waals surface area (Å²) in [5.74, 6) is 0. The van der Waals surface area contributed by atoms with Crippen LogP contribution in [0.15, 0.2) is 194 Å². The van der Waals surface area contributed by atoms with Crippen LogP contribution in [0.2, 0.25) is 0 Å². The molecule has 0 saturated heterocycles. The maximum Gasteiger partial charge on any atom is 0.0468 e. The maximum atomic E-state index is 2.34. The predicted molar refractivity (Wildman–Crippen MR) is 196 cm³/mol. The van der Waals surface area contributed by atoms with Crippen LogP contribution in [0.3, 0.4) is 0 Å². The molecule has 2 heteroatoms. The minimum absolute atomic E-state index is 1.12. The fourth-order valence-corrected chi connectivity index (χ4v) is 6.36. The first-order chi connectivity index (χ1) is 22.8. The summed E-state index contributed by atoms with van der Waals surface area (Å²) in [5, 5.41) is 5.02. The Morgan fingerprint density at radius 3 is 1.09 bits per heavy atom. The normalized spacial score (nSPS) is 11.0. The first-order valence-corrected chi connectivity index (χ1v) is 15.7. The zero-order valence-electron chi connectivity index (χ0n) is 25.4. The number of benzene rings is 8. The van der Waals surface area contributed by atoms with E-state index in [9.17, 15) is 0 Å². The summed E-state index contributed by atoms with van der Waals surface area (Å²) in [5.41, 5.74) is 9.12. The largest absolute Gasteiger partial charge is 0.311 e. The third kappa shape index (κ3) is 5.27. The Morgan fingerprint density at radius 2 is 0.587 bits per heavy atom. The van der Waals surface area contributed by atoms with Gasteiger partial charge in [-0.1, -0.05) is 121 Å². The Morgan fingerprint density at radius 1 is 0.239 bits per heavy atom. The summed E-state index contributed by atoms with van der Waals surface area (Å²) < 4.78 is 0. The van der Waals surface area contributed by atoms with E-state index in [4.69, 9.17) is 0 Å². The van der Waals surface area contributed by atoms with Crippen molar-refractivity contribution in [2.24, 2.45) is 0 Å². The first-order valence-electron chi connectivity index (χ1n) is 15.7. The van der Waals surface area contributed by atoms with Crippen LogP contribution in [0.5, 0.6) is 0 Å². The molecule has 0 aliphatic carbocycles. The van der Waals surface area contributed by atoms with Gasteiger partial charge in [-0.3, -0.25) is 0 Å². The minimum atomic E-state index is 1.12. The van der Waals surface area contributed by atoms with Crippen LogP contribution in [0.4, 0.5) is 34.1 Å². The van der Waals surface area contributed by atoms with E-state index in [1.165, 1.54) is 32.7 Å². The van der Waals surface area contributed by atoms with Crippen LogP contribution < -0.4 is 9.80 Å². The predicted octanol–water partition coefficient (Wildman–Crippen LogP) is 12.6. The van der Waals surface area contributed by atoms with Crippen LogP contribution in [0.1, 0.15) is 0 Å². The van der Waals surface area contributed by atoms with E-state index in [2.05, 4.69) is 204 Å². The standard InChI is InChI=1S/C44H32N2/c1-4-13-37(14-5-1)45(38-15-6-2-7-16-38)40-27-22-33(23-28-40)34-24-29-41(30-25-34)46(39-17-8-3-9-18-39)42-31-26-36-21-20-35-12-10-11-19-43(35)44(36)32-42/h1-32H. The number of hydrogen-bond acceptors (Lipinski definition) is 2. The van der Waals surface area contributed by atoms with Crippen LogP contribution >= 0.6 is 0 Å². The number of hydrogen-bond donors (Lipinski definition) is 0. The molecule has 0 spiro atoms. The molecule has 0 radical (unpaired) electrons. The molecule has 0 aromatic heterocycles. The molecule has 2 nitrogen and oxygen atoms in total. The Kier molecular flexibility index (Phi) is 7.22. The van der Waals surface area contributed by atoms with Gasteiger partial charge in [0.1, 0.15) is 0 Å². The molecule has 0 N–H and O–H groups in total. The third-order valence-electron chi connectivity index (χ3n) is 8.62. The van der Waals surface area contributed by atoms with Crippen molar-refractivity contribution in [3.05, 3.63) is 194 Å². The van der Waals surface area contributed by atoms with Gasteiger partial charge in [0.25, 0.3) is 0 Å². The molecule has 0 bridgehead atoms. The average molecular weight is 589 g/mol. The lowest BCUT2D eigenvalue weighted by Gasteiger charge is -2.26. The van der Waals surface area contributed by atoms with E-state index in [-0.39, 0.29) is 0 Å². The number of anilines is 6. The topological polar surface area (TPSA) is 6.48 Å². The van der Waals surface area contributed by atoms with E-state index < -0.39 is 0 Å². The number of fused-ring (bicyclic) bond motifs is 3. The Labute approximate surface area is 270 Å². The highest BCUT2D eigenvalue weighted by molar-refractivity contribution is 6.09. The van der Waals surface area contributed by atoms with Crippen LogP contribution in [-0.4, -0.2) is 0 Å². The van der Waals surface area contributed by atoms with E-state index >= 15 is 0 Å². The molecule has 0 aliphatic rings. The van der Waals surface area contributed by atoms with E-state index in [0.717, 1.165) is 34.1 Å². The van der Waals surface area contributed by atoms with Crippen molar-refractivity contribution < 1.29 is 0 Å². The van der Waals surface area contributed by atoms with E-state index in [1.54, 1.807) is 0 Å². The Hall–Kier alpha value is -6.12. The van der Waals surface area contributed by atoms with Gasteiger partial charge in [0, 0.05) is 34.1 Å². The first kappa shape index (κ1) is 27.4. The lowest BCUT2D eigenvalue weighted by Crippen LogP contribution is -2.10. The molecule has 218 valence electrons. The second-order valence-corrected chi connectivity index (χ2v) is 11.5. The summed E-state index contributed by atoms with van der Waals surface area (Å²) >= 11 is 0. The highest BCUT2D eigenvalue weighted by Gasteiger charge is 2.15. The van der Waals surface area contributed by atoms with Gasteiger partial charge in [0.2, 0.25) is 0 Å². The monoisotopic (exact) mass is 588 g/mol. The highest BCUT2D eigenvalue weighted by Crippen LogP contribution is 2.39. The number of rotatable bonds is 7. The van der Waals surface area contributed by atoms with Crippen LogP contribution in [-0.2, 0) is 0 Å². The molecule has 0 atom stereocenters.